The van der Waals surface area contributed by atoms with Crippen LogP contribution in [0.3, 0.4) is 0 Å². The predicted molar refractivity (Wildman–Crippen MR) is 88.2 cm³/mol. The molecular weight excluding hydrogens is 337 g/mol. The van der Waals surface area contributed by atoms with Gasteiger partial charge in [-0.3, -0.25) is 4.21 Å². The van der Waals surface area contributed by atoms with Crippen LogP contribution < -0.4 is 0 Å². The molecule has 6 heteroatoms. The highest BCUT2D eigenvalue weighted by atomic mass is 32.2. The maximum absolute atomic E-state index is 14.0. The molecule has 0 spiro atoms. The average Bonchev–Trinajstić information content (AvgIpc) is 2.55. The smallest absolute Gasteiger partial charge is 0.363 e. The van der Waals surface area contributed by atoms with Crippen molar-refractivity contribution in [2.45, 2.75) is 35.8 Å². The van der Waals surface area contributed by atoms with Crippen molar-refractivity contribution in [1.82, 2.24) is 0 Å². The first kappa shape index (κ1) is 18.7. The Morgan fingerprint density at radius 3 is 2.00 bits per heavy atom. The Morgan fingerprint density at radius 1 is 1.00 bits per heavy atom. The summed E-state index contributed by atoms with van der Waals surface area (Å²) in [4.78, 5) is 0.342. The van der Waals surface area contributed by atoms with Gasteiger partial charge in [-0.2, -0.15) is 13.2 Å². The van der Waals surface area contributed by atoms with E-state index < -0.39 is 27.8 Å². The van der Waals surface area contributed by atoms with Crippen molar-refractivity contribution in [3.05, 3.63) is 65.7 Å². The lowest BCUT2D eigenvalue weighted by molar-refractivity contribution is -0.275. The molecule has 0 bridgehead atoms. The topological polar surface area (TPSA) is 26.3 Å². The summed E-state index contributed by atoms with van der Waals surface area (Å²) in [5.74, 6) is 0. The highest BCUT2D eigenvalue weighted by Gasteiger charge is 2.61. The molecule has 0 saturated carbocycles. The highest BCUT2D eigenvalue weighted by Crippen LogP contribution is 2.46. The van der Waals surface area contributed by atoms with Crippen LogP contribution in [0.5, 0.6) is 0 Å². The summed E-state index contributed by atoms with van der Waals surface area (Å²) in [6.45, 7) is 3.16. The zero-order valence-electron chi connectivity index (χ0n) is 13.6. The second-order valence-corrected chi connectivity index (χ2v) is 7.33. The van der Waals surface area contributed by atoms with Crippen LogP contribution in [0.2, 0.25) is 0 Å². The lowest BCUT2D eigenvalue weighted by Gasteiger charge is -2.39. The van der Waals surface area contributed by atoms with E-state index >= 15 is 0 Å². The number of rotatable bonds is 5. The number of halogens is 3. The van der Waals surface area contributed by atoms with Crippen LogP contribution in [0, 0.1) is 6.92 Å². The zero-order chi connectivity index (χ0) is 18.0. The fourth-order valence-corrected chi connectivity index (χ4v) is 4.22. The lowest BCUT2D eigenvalue weighted by Crippen LogP contribution is -2.53. The van der Waals surface area contributed by atoms with Gasteiger partial charge in [0.25, 0.3) is 0 Å². The Balaban J connectivity index is 2.55. The Labute approximate surface area is 142 Å². The van der Waals surface area contributed by atoms with Crippen molar-refractivity contribution >= 4 is 10.8 Å². The Bertz CT molecular complexity index is 698. The molecule has 0 aromatic heterocycles. The molecule has 0 radical (unpaired) electrons. The fourth-order valence-electron chi connectivity index (χ4n) is 2.74. The van der Waals surface area contributed by atoms with E-state index in [2.05, 4.69) is 0 Å². The molecule has 0 N–H and O–H groups in total. The van der Waals surface area contributed by atoms with Gasteiger partial charge in [-0.1, -0.05) is 48.0 Å². The molecule has 0 heterocycles. The van der Waals surface area contributed by atoms with Crippen molar-refractivity contribution in [2.75, 3.05) is 7.11 Å². The minimum Gasteiger partial charge on any atom is -0.363 e. The first-order valence-corrected chi connectivity index (χ1v) is 8.60. The van der Waals surface area contributed by atoms with E-state index in [1.54, 1.807) is 30.3 Å². The molecular formula is C18H19F3O2S. The second kappa shape index (κ2) is 7.07. The molecule has 3 unspecified atom stereocenters. The van der Waals surface area contributed by atoms with Crippen LogP contribution in [0.4, 0.5) is 13.2 Å². The molecule has 2 aromatic rings. The summed E-state index contributed by atoms with van der Waals surface area (Å²) >= 11 is 0. The number of hydrogen-bond acceptors (Lipinski definition) is 2. The Hall–Kier alpha value is -1.66. The first-order chi connectivity index (χ1) is 11.2. The molecule has 3 atom stereocenters. The summed E-state index contributed by atoms with van der Waals surface area (Å²) in [6, 6.07) is 14.0. The predicted octanol–water partition coefficient (Wildman–Crippen LogP) is 4.60. The molecule has 130 valence electrons. The Kier molecular flexibility index (Phi) is 5.50. The molecule has 0 fully saturated rings. The summed E-state index contributed by atoms with van der Waals surface area (Å²) in [5, 5.41) is -1.33. The molecule has 2 nitrogen and oxygen atoms in total. The van der Waals surface area contributed by atoms with E-state index in [9.17, 15) is 17.4 Å². The Morgan fingerprint density at radius 2 is 1.54 bits per heavy atom. The number of ether oxygens (including phenoxy) is 1. The quantitative estimate of drug-likeness (QED) is 0.783. The first-order valence-electron chi connectivity index (χ1n) is 7.38. The summed E-state index contributed by atoms with van der Waals surface area (Å²) in [5.41, 5.74) is -1.77. The van der Waals surface area contributed by atoms with Crippen molar-refractivity contribution in [3.8, 4) is 0 Å². The maximum atomic E-state index is 14.0. The summed E-state index contributed by atoms with van der Waals surface area (Å²) in [6.07, 6.45) is -4.72. The van der Waals surface area contributed by atoms with Gasteiger partial charge in [0.1, 0.15) is 0 Å². The fraction of sp³-hybridized carbons (Fsp3) is 0.333. The minimum absolute atomic E-state index is 0.0621. The molecule has 24 heavy (non-hydrogen) atoms. The molecule has 2 rings (SSSR count). The van der Waals surface area contributed by atoms with Crippen LogP contribution in [-0.4, -0.2) is 22.7 Å². The highest BCUT2D eigenvalue weighted by molar-refractivity contribution is 7.85. The third-order valence-corrected chi connectivity index (χ3v) is 5.80. The van der Waals surface area contributed by atoms with Gasteiger partial charge in [0.2, 0.25) is 5.60 Å². The molecule has 2 aromatic carbocycles. The summed E-state index contributed by atoms with van der Waals surface area (Å²) < 4.78 is 59.8. The number of methoxy groups -OCH3 is 1. The number of benzene rings is 2. The number of hydrogen-bond donors (Lipinski definition) is 0. The monoisotopic (exact) mass is 356 g/mol. The molecule has 0 amide bonds. The average molecular weight is 356 g/mol. The van der Waals surface area contributed by atoms with Crippen LogP contribution in [-0.2, 0) is 21.1 Å². The van der Waals surface area contributed by atoms with E-state index in [4.69, 9.17) is 4.74 Å². The van der Waals surface area contributed by atoms with Gasteiger partial charge < -0.3 is 4.74 Å². The van der Waals surface area contributed by atoms with Crippen molar-refractivity contribution < 1.29 is 22.1 Å². The van der Waals surface area contributed by atoms with Gasteiger partial charge in [-0.25, -0.2) is 0 Å². The van der Waals surface area contributed by atoms with Crippen molar-refractivity contribution in [2.24, 2.45) is 0 Å². The third kappa shape index (κ3) is 3.26. The van der Waals surface area contributed by atoms with Crippen LogP contribution in [0.1, 0.15) is 18.1 Å². The maximum Gasteiger partial charge on any atom is 0.422 e. The normalized spacial score (nSPS) is 17.1. The zero-order valence-corrected chi connectivity index (χ0v) is 14.4. The van der Waals surface area contributed by atoms with Gasteiger partial charge in [0.15, 0.2) is 0 Å². The van der Waals surface area contributed by atoms with Gasteiger partial charge in [0, 0.05) is 12.0 Å². The van der Waals surface area contributed by atoms with Gasteiger partial charge in [0.05, 0.1) is 16.0 Å². The molecule has 0 aliphatic heterocycles. The number of alkyl halides is 3. The van der Waals surface area contributed by atoms with E-state index in [0.717, 1.165) is 12.7 Å². The van der Waals surface area contributed by atoms with E-state index in [-0.39, 0.29) is 5.56 Å². The van der Waals surface area contributed by atoms with Crippen molar-refractivity contribution in [3.63, 3.8) is 0 Å². The van der Waals surface area contributed by atoms with Gasteiger partial charge in [-0.05, 0) is 31.5 Å². The largest absolute Gasteiger partial charge is 0.422 e. The van der Waals surface area contributed by atoms with Gasteiger partial charge in [-0.15, -0.1) is 0 Å². The van der Waals surface area contributed by atoms with E-state index in [1.807, 2.05) is 6.92 Å². The minimum atomic E-state index is -4.72. The molecule has 0 aliphatic rings. The van der Waals surface area contributed by atoms with Crippen LogP contribution in [0.25, 0.3) is 0 Å². The number of aryl methyl sites for hydroxylation is 1. The third-order valence-electron chi connectivity index (χ3n) is 4.09. The van der Waals surface area contributed by atoms with Crippen LogP contribution >= 0.6 is 0 Å². The second-order valence-electron chi connectivity index (χ2n) is 5.56. The van der Waals surface area contributed by atoms with Crippen LogP contribution in [0.15, 0.2) is 59.5 Å². The standard InChI is InChI=1S/C18H19F3O2S/c1-13-9-11-16(12-10-13)24(22)14(2)17(23-3,18(19,20)21)15-7-5-4-6-8-15/h4-12,14H,1-3H3. The van der Waals surface area contributed by atoms with Crippen molar-refractivity contribution in [1.29, 1.82) is 0 Å². The summed E-state index contributed by atoms with van der Waals surface area (Å²) in [7, 11) is -0.894. The van der Waals surface area contributed by atoms with E-state index in [0.29, 0.717) is 4.90 Å². The molecule has 0 saturated heterocycles. The SMILES string of the molecule is COC(c1ccccc1)(C(C)S(=O)c1ccc(C)cc1)C(F)(F)F. The lowest BCUT2D eigenvalue weighted by atomic mass is 9.89. The van der Waals surface area contributed by atoms with Gasteiger partial charge >= 0.3 is 6.18 Å². The molecule has 0 aliphatic carbocycles. The van der Waals surface area contributed by atoms with E-state index in [1.165, 1.54) is 31.2 Å².